The highest BCUT2D eigenvalue weighted by Crippen LogP contribution is 2.38. The van der Waals surface area contributed by atoms with Gasteiger partial charge in [-0.25, -0.2) is 0 Å². The summed E-state index contributed by atoms with van der Waals surface area (Å²) < 4.78 is 1.14. The second kappa shape index (κ2) is 3.98. The summed E-state index contributed by atoms with van der Waals surface area (Å²) in [6.07, 6.45) is 5.89. The number of hydrogen-bond donors (Lipinski definition) is 0. The summed E-state index contributed by atoms with van der Waals surface area (Å²) in [5.74, 6) is 0.501. The van der Waals surface area contributed by atoms with Crippen LogP contribution >= 0.6 is 15.9 Å². The van der Waals surface area contributed by atoms with E-state index in [1.807, 2.05) is 11.9 Å². The highest BCUT2D eigenvalue weighted by Gasteiger charge is 2.34. The Morgan fingerprint density at radius 3 is 3.06 bits per heavy atom. The van der Waals surface area contributed by atoms with E-state index >= 15 is 0 Å². The predicted molar refractivity (Wildman–Crippen MR) is 70.9 cm³/mol. The van der Waals surface area contributed by atoms with E-state index < -0.39 is 0 Å². The van der Waals surface area contributed by atoms with E-state index in [-0.39, 0.29) is 5.91 Å². The summed E-state index contributed by atoms with van der Waals surface area (Å²) in [5.41, 5.74) is 2.79. The third-order valence-electron chi connectivity index (χ3n) is 3.88. The van der Waals surface area contributed by atoms with E-state index in [2.05, 4.69) is 40.2 Å². The molecule has 0 saturated carbocycles. The molecule has 2 atom stereocenters. The molecule has 88 valence electrons. The lowest BCUT2D eigenvalue weighted by Gasteiger charge is -2.40. The van der Waals surface area contributed by atoms with Crippen LogP contribution in [0.15, 0.2) is 34.8 Å². The maximum Gasteiger partial charge on any atom is 0.246 e. The van der Waals surface area contributed by atoms with Crippen LogP contribution in [0.25, 0.3) is 0 Å². The molecule has 0 bridgehead atoms. The van der Waals surface area contributed by atoms with Gasteiger partial charge in [-0.15, -0.1) is 0 Å². The van der Waals surface area contributed by atoms with Gasteiger partial charge in [-0.05, 0) is 42.2 Å². The van der Waals surface area contributed by atoms with Crippen molar-refractivity contribution in [1.82, 2.24) is 4.90 Å². The van der Waals surface area contributed by atoms with Gasteiger partial charge in [0.05, 0.1) is 0 Å². The molecule has 0 unspecified atom stereocenters. The number of rotatable bonds is 0. The number of carbonyl (C=O) groups excluding carboxylic acids is 1. The zero-order valence-corrected chi connectivity index (χ0v) is 11.3. The highest BCUT2D eigenvalue weighted by molar-refractivity contribution is 9.10. The van der Waals surface area contributed by atoms with Crippen LogP contribution in [0.4, 0.5) is 0 Å². The van der Waals surface area contributed by atoms with Crippen molar-refractivity contribution in [2.24, 2.45) is 0 Å². The fraction of sp³-hybridized carbons (Fsp3) is 0.357. The molecule has 17 heavy (non-hydrogen) atoms. The van der Waals surface area contributed by atoms with Crippen molar-refractivity contribution in [3.05, 3.63) is 46.0 Å². The molecule has 1 aromatic rings. The Bertz CT molecular complexity index is 509. The SMILES string of the molecule is CN1C(=O)C=C[C@H]2c3ccc(Br)cc3CC[C@@H]21. The summed E-state index contributed by atoms with van der Waals surface area (Å²) in [6.45, 7) is 0. The van der Waals surface area contributed by atoms with Crippen LogP contribution in [0.2, 0.25) is 0 Å². The van der Waals surface area contributed by atoms with Gasteiger partial charge in [0.15, 0.2) is 0 Å². The minimum Gasteiger partial charge on any atom is -0.338 e. The van der Waals surface area contributed by atoms with Gasteiger partial charge >= 0.3 is 0 Å². The Labute approximate surface area is 109 Å². The molecule has 1 aliphatic carbocycles. The van der Waals surface area contributed by atoms with Crippen molar-refractivity contribution in [3.8, 4) is 0 Å². The van der Waals surface area contributed by atoms with E-state index in [1.54, 1.807) is 6.08 Å². The number of likely N-dealkylation sites (N-methyl/N-ethyl adjacent to an activating group) is 1. The Hall–Kier alpha value is -1.09. The van der Waals surface area contributed by atoms with Crippen molar-refractivity contribution >= 4 is 21.8 Å². The molecule has 3 rings (SSSR count). The van der Waals surface area contributed by atoms with Crippen LogP contribution in [-0.2, 0) is 11.2 Å². The molecule has 3 heteroatoms. The fourth-order valence-corrected chi connectivity index (χ4v) is 3.35. The van der Waals surface area contributed by atoms with Crippen molar-refractivity contribution < 1.29 is 4.79 Å². The molecular formula is C14H14BrNO. The molecule has 0 N–H and O–H groups in total. The van der Waals surface area contributed by atoms with Crippen molar-refractivity contribution in [2.45, 2.75) is 24.8 Å². The molecule has 0 aromatic heterocycles. The Morgan fingerprint density at radius 1 is 1.41 bits per heavy atom. The first-order chi connectivity index (χ1) is 8.16. The number of hydrogen-bond acceptors (Lipinski definition) is 1. The average Bonchev–Trinajstić information content (AvgIpc) is 2.33. The second-order valence-electron chi connectivity index (χ2n) is 4.78. The Kier molecular flexibility index (Phi) is 2.58. The van der Waals surface area contributed by atoms with Gasteiger partial charge in [0.2, 0.25) is 5.91 Å². The third-order valence-corrected chi connectivity index (χ3v) is 4.37. The first kappa shape index (κ1) is 11.0. The van der Waals surface area contributed by atoms with Crippen molar-refractivity contribution in [3.63, 3.8) is 0 Å². The third kappa shape index (κ3) is 1.73. The molecule has 0 spiro atoms. The number of carbonyl (C=O) groups is 1. The standard InChI is InChI=1S/C14H14BrNO/c1-16-13-6-2-9-8-10(15)3-4-11(9)12(13)5-7-14(16)17/h3-5,7-8,12-13H,2,6H2,1H3/t12-,13-/m0/s1. The van der Waals surface area contributed by atoms with Gasteiger partial charge in [0.1, 0.15) is 0 Å². The summed E-state index contributed by atoms with van der Waals surface area (Å²) in [6, 6.07) is 6.81. The monoisotopic (exact) mass is 291 g/mol. The van der Waals surface area contributed by atoms with Crippen LogP contribution in [0.5, 0.6) is 0 Å². The van der Waals surface area contributed by atoms with Crippen LogP contribution in [0.1, 0.15) is 23.5 Å². The smallest absolute Gasteiger partial charge is 0.246 e. The van der Waals surface area contributed by atoms with Crippen LogP contribution in [0.3, 0.4) is 0 Å². The second-order valence-corrected chi connectivity index (χ2v) is 5.70. The summed E-state index contributed by atoms with van der Waals surface area (Å²) in [7, 11) is 1.91. The maximum absolute atomic E-state index is 11.6. The van der Waals surface area contributed by atoms with Gasteiger partial charge in [-0.2, -0.15) is 0 Å². The lowest BCUT2D eigenvalue weighted by molar-refractivity contribution is -0.128. The molecule has 1 heterocycles. The number of fused-ring (bicyclic) bond motifs is 3. The first-order valence-electron chi connectivity index (χ1n) is 5.90. The molecule has 1 aliphatic heterocycles. The number of halogens is 1. The molecule has 2 aliphatic rings. The summed E-state index contributed by atoms with van der Waals surface area (Å²) in [5, 5.41) is 0. The summed E-state index contributed by atoms with van der Waals surface area (Å²) >= 11 is 3.52. The van der Waals surface area contributed by atoms with Crippen molar-refractivity contribution in [2.75, 3.05) is 7.05 Å². The van der Waals surface area contributed by atoms with E-state index in [4.69, 9.17) is 0 Å². The topological polar surface area (TPSA) is 20.3 Å². The molecule has 0 saturated heterocycles. The fourth-order valence-electron chi connectivity index (χ4n) is 2.94. The van der Waals surface area contributed by atoms with E-state index in [1.165, 1.54) is 11.1 Å². The minimum absolute atomic E-state index is 0.131. The number of nitrogens with zero attached hydrogens (tertiary/aromatic N) is 1. The molecule has 0 radical (unpaired) electrons. The van der Waals surface area contributed by atoms with E-state index in [0.29, 0.717) is 12.0 Å². The average molecular weight is 292 g/mol. The van der Waals surface area contributed by atoms with Gasteiger partial charge in [-0.3, -0.25) is 4.79 Å². The molecule has 1 aromatic carbocycles. The molecule has 2 nitrogen and oxygen atoms in total. The zero-order chi connectivity index (χ0) is 12.0. The Morgan fingerprint density at radius 2 is 2.24 bits per heavy atom. The van der Waals surface area contributed by atoms with Gasteiger partial charge < -0.3 is 4.90 Å². The normalized spacial score (nSPS) is 26.7. The van der Waals surface area contributed by atoms with Crippen LogP contribution < -0.4 is 0 Å². The van der Waals surface area contributed by atoms with Gasteiger partial charge in [0, 0.05) is 23.5 Å². The maximum atomic E-state index is 11.6. The van der Waals surface area contributed by atoms with Gasteiger partial charge in [0.25, 0.3) is 0 Å². The van der Waals surface area contributed by atoms with Crippen LogP contribution in [-0.4, -0.2) is 23.9 Å². The predicted octanol–water partition coefficient (Wildman–Crippen LogP) is 2.88. The quantitative estimate of drug-likeness (QED) is 0.720. The Balaban J connectivity index is 2.07. The highest BCUT2D eigenvalue weighted by atomic mass is 79.9. The number of aryl methyl sites for hydroxylation is 1. The van der Waals surface area contributed by atoms with E-state index in [0.717, 1.165) is 17.3 Å². The van der Waals surface area contributed by atoms with Crippen molar-refractivity contribution in [1.29, 1.82) is 0 Å². The molecule has 0 fully saturated rings. The van der Waals surface area contributed by atoms with Crippen LogP contribution in [0, 0.1) is 0 Å². The van der Waals surface area contributed by atoms with Gasteiger partial charge in [-0.1, -0.05) is 28.1 Å². The molecule has 1 amide bonds. The number of amides is 1. The largest absolute Gasteiger partial charge is 0.338 e. The lowest BCUT2D eigenvalue weighted by atomic mass is 9.77. The first-order valence-corrected chi connectivity index (χ1v) is 6.69. The van der Waals surface area contributed by atoms with E-state index in [9.17, 15) is 4.79 Å². The molecular weight excluding hydrogens is 278 g/mol. The summed E-state index contributed by atoms with van der Waals surface area (Å²) in [4.78, 5) is 13.5. The lowest BCUT2D eigenvalue weighted by Crippen LogP contribution is -2.44. The number of benzene rings is 1. The minimum atomic E-state index is 0.131. The zero-order valence-electron chi connectivity index (χ0n) is 9.69.